The van der Waals surface area contributed by atoms with Gasteiger partial charge in [0.1, 0.15) is 0 Å². The van der Waals surface area contributed by atoms with Crippen molar-refractivity contribution in [2.24, 2.45) is 5.92 Å². The summed E-state index contributed by atoms with van der Waals surface area (Å²) in [6, 6.07) is 8.45. The first-order valence-corrected chi connectivity index (χ1v) is 8.69. The van der Waals surface area contributed by atoms with E-state index in [1.54, 1.807) is 0 Å². The minimum atomic E-state index is -0.437. The predicted octanol–water partition coefficient (Wildman–Crippen LogP) is 2.38. The van der Waals surface area contributed by atoms with Crippen molar-refractivity contribution in [3.63, 3.8) is 0 Å². The lowest BCUT2D eigenvalue weighted by Gasteiger charge is -2.34. The summed E-state index contributed by atoms with van der Waals surface area (Å²) in [5.41, 5.74) is 2.51. The van der Waals surface area contributed by atoms with E-state index < -0.39 is 5.82 Å². The number of carbonyl (C=O) groups excluding carboxylic acids is 1. The van der Waals surface area contributed by atoms with Crippen LogP contribution in [0.2, 0.25) is 0 Å². The highest BCUT2D eigenvalue weighted by Gasteiger charge is 2.46. The Bertz CT molecular complexity index is 771. The molecule has 2 aromatic rings. The van der Waals surface area contributed by atoms with E-state index >= 15 is 0 Å². The van der Waals surface area contributed by atoms with Crippen LogP contribution >= 0.6 is 0 Å². The minimum absolute atomic E-state index is 0.121. The molecule has 25 heavy (non-hydrogen) atoms. The molecule has 0 bridgehead atoms. The number of amides is 1. The number of rotatable bonds is 3. The molecule has 1 aliphatic heterocycles. The van der Waals surface area contributed by atoms with E-state index in [4.69, 9.17) is 0 Å². The summed E-state index contributed by atoms with van der Waals surface area (Å²) in [5, 5.41) is 0. The third kappa shape index (κ3) is 3.34. The van der Waals surface area contributed by atoms with Crippen molar-refractivity contribution in [2.75, 3.05) is 31.1 Å². The average molecular weight is 340 g/mol. The van der Waals surface area contributed by atoms with E-state index in [9.17, 15) is 9.18 Å². The van der Waals surface area contributed by atoms with Gasteiger partial charge < -0.3 is 9.80 Å². The van der Waals surface area contributed by atoms with Crippen LogP contribution in [0.5, 0.6) is 0 Å². The van der Waals surface area contributed by atoms with Gasteiger partial charge in [0.05, 0.1) is 12.4 Å². The van der Waals surface area contributed by atoms with Crippen molar-refractivity contribution in [2.45, 2.75) is 19.3 Å². The third-order valence-electron chi connectivity index (χ3n) is 5.06. The van der Waals surface area contributed by atoms with Crippen molar-refractivity contribution in [3.8, 4) is 0 Å². The van der Waals surface area contributed by atoms with Crippen LogP contribution in [0.15, 0.2) is 36.7 Å². The lowest BCUT2D eigenvalue weighted by molar-refractivity contribution is -0.133. The van der Waals surface area contributed by atoms with Gasteiger partial charge in [-0.25, -0.2) is 14.4 Å². The maximum absolute atomic E-state index is 12.9. The quantitative estimate of drug-likeness (QED) is 0.861. The van der Waals surface area contributed by atoms with E-state index in [0.29, 0.717) is 38.0 Å². The van der Waals surface area contributed by atoms with E-state index in [1.165, 1.54) is 23.5 Å². The van der Waals surface area contributed by atoms with E-state index in [-0.39, 0.29) is 11.8 Å². The van der Waals surface area contributed by atoms with Gasteiger partial charge in [-0.3, -0.25) is 4.79 Å². The van der Waals surface area contributed by atoms with Gasteiger partial charge in [-0.1, -0.05) is 29.8 Å². The fourth-order valence-electron chi connectivity index (χ4n) is 3.57. The van der Waals surface area contributed by atoms with Crippen molar-refractivity contribution < 1.29 is 9.18 Å². The number of anilines is 1. The molecule has 4 rings (SSSR count). The zero-order valence-electron chi connectivity index (χ0n) is 14.2. The van der Waals surface area contributed by atoms with Gasteiger partial charge in [-0.15, -0.1) is 0 Å². The van der Waals surface area contributed by atoms with Gasteiger partial charge in [0.15, 0.2) is 5.82 Å². The monoisotopic (exact) mass is 340 g/mol. The summed E-state index contributed by atoms with van der Waals surface area (Å²) in [7, 11) is 0. The first kappa shape index (κ1) is 16.0. The number of aromatic nitrogens is 2. The molecule has 0 N–H and O–H groups in total. The van der Waals surface area contributed by atoms with Gasteiger partial charge in [-0.2, -0.15) is 0 Å². The minimum Gasteiger partial charge on any atom is -0.339 e. The lowest BCUT2D eigenvalue weighted by Crippen LogP contribution is -2.49. The Morgan fingerprint density at radius 3 is 2.56 bits per heavy atom. The first-order valence-electron chi connectivity index (χ1n) is 8.69. The van der Waals surface area contributed by atoms with E-state index in [0.717, 1.165) is 6.42 Å². The molecule has 6 heteroatoms. The fraction of sp³-hybridized carbons (Fsp3) is 0.421. The standard InChI is InChI=1S/C19H21FN4O/c1-13-3-2-4-14(9-13)16-10-17(16)18(25)23-5-7-24(8-6-23)19-21-11-15(20)12-22-19/h2-4,9,11-12,16-17H,5-8,10H2,1H3. The van der Waals surface area contributed by atoms with Crippen molar-refractivity contribution in [1.82, 2.24) is 14.9 Å². The molecule has 2 aliphatic rings. The second-order valence-corrected chi connectivity index (χ2v) is 6.88. The Balaban J connectivity index is 1.34. The van der Waals surface area contributed by atoms with E-state index in [2.05, 4.69) is 41.2 Å². The van der Waals surface area contributed by atoms with Crippen LogP contribution in [-0.2, 0) is 4.79 Å². The summed E-state index contributed by atoms with van der Waals surface area (Å²) in [6.07, 6.45) is 3.30. The van der Waals surface area contributed by atoms with Gasteiger partial charge in [-0.05, 0) is 24.8 Å². The molecule has 1 aliphatic carbocycles. The SMILES string of the molecule is Cc1cccc(C2CC2C(=O)N2CCN(c3ncc(F)cn3)CC2)c1. The highest BCUT2D eigenvalue weighted by molar-refractivity contribution is 5.83. The van der Waals surface area contributed by atoms with Gasteiger partial charge in [0.2, 0.25) is 11.9 Å². The van der Waals surface area contributed by atoms with Crippen LogP contribution in [0.25, 0.3) is 0 Å². The molecule has 2 heterocycles. The highest BCUT2D eigenvalue weighted by atomic mass is 19.1. The van der Waals surface area contributed by atoms with E-state index in [1.807, 2.05) is 9.80 Å². The molecule has 2 atom stereocenters. The van der Waals surface area contributed by atoms with Crippen LogP contribution in [0.3, 0.4) is 0 Å². The zero-order chi connectivity index (χ0) is 17.4. The molecule has 2 fully saturated rings. The second kappa shape index (κ2) is 6.43. The number of aryl methyl sites for hydroxylation is 1. The molecular formula is C19H21FN4O. The number of halogens is 1. The summed E-state index contributed by atoms with van der Waals surface area (Å²) in [5.74, 6) is 0.832. The first-order chi connectivity index (χ1) is 12.1. The van der Waals surface area contributed by atoms with Crippen molar-refractivity contribution in [1.29, 1.82) is 0 Å². The Morgan fingerprint density at radius 1 is 1.16 bits per heavy atom. The molecule has 130 valence electrons. The summed E-state index contributed by atoms with van der Waals surface area (Å²) < 4.78 is 12.9. The smallest absolute Gasteiger partial charge is 0.226 e. The topological polar surface area (TPSA) is 49.3 Å². The summed E-state index contributed by atoms with van der Waals surface area (Å²) in [6.45, 7) is 4.77. The maximum atomic E-state index is 12.9. The van der Waals surface area contributed by atoms with Crippen LogP contribution in [0, 0.1) is 18.7 Å². The Morgan fingerprint density at radius 2 is 1.88 bits per heavy atom. The fourth-order valence-corrected chi connectivity index (χ4v) is 3.57. The number of hydrogen-bond acceptors (Lipinski definition) is 4. The number of piperazine rings is 1. The molecule has 2 unspecified atom stereocenters. The van der Waals surface area contributed by atoms with Crippen LogP contribution in [0.4, 0.5) is 10.3 Å². The third-order valence-corrected chi connectivity index (χ3v) is 5.06. The maximum Gasteiger partial charge on any atom is 0.226 e. The molecule has 0 spiro atoms. The van der Waals surface area contributed by atoms with Crippen molar-refractivity contribution in [3.05, 3.63) is 53.6 Å². The largest absolute Gasteiger partial charge is 0.339 e. The van der Waals surface area contributed by atoms with Crippen LogP contribution in [0.1, 0.15) is 23.5 Å². The van der Waals surface area contributed by atoms with Crippen LogP contribution in [-0.4, -0.2) is 47.0 Å². The molecule has 1 saturated heterocycles. The molecule has 5 nitrogen and oxygen atoms in total. The van der Waals surface area contributed by atoms with Gasteiger partial charge >= 0.3 is 0 Å². The molecule has 1 amide bonds. The number of nitrogens with zero attached hydrogens (tertiary/aromatic N) is 4. The van der Waals surface area contributed by atoms with Gasteiger partial charge in [0, 0.05) is 32.1 Å². The molecule has 1 saturated carbocycles. The van der Waals surface area contributed by atoms with Gasteiger partial charge in [0.25, 0.3) is 0 Å². The summed E-state index contributed by atoms with van der Waals surface area (Å²) >= 11 is 0. The molecule has 1 aromatic carbocycles. The Hall–Kier alpha value is -2.50. The van der Waals surface area contributed by atoms with Crippen LogP contribution < -0.4 is 4.90 Å². The number of carbonyl (C=O) groups is 1. The normalized spacial score (nSPS) is 22.8. The molecule has 1 aromatic heterocycles. The van der Waals surface area contributed by atoms with Crippen molar-refractivity contribution >= 4 is 11.9 Å². The number of benzene rings is 1. The Labute approximate surface area is 146 Å². The predicted molar refractivity (Wildman–Crippen MR) is 92.8 cm³/mol. The number of hydrogen-bond donors (Lipinski definition) is 0. The highest BCUT2D eigenvalue weighted by Crippen LogP contribution is 2.48. The molecule has 0 radical (unpaired) electrons. The lowest BCUT2D eigenvalue weighted by atomic mass is 10.1. The summed E-state index contributed by atoms with van der Waals surface area (Å²) in [4.78, 5) is 24.7. The molecular weight excluding hydrogens is 319 g/mol. The average Bonchev–Trinajstić information content (AvgIpc) is 3.43. The Kier molecular flexibility index (Phi) is 4.11. The zero-order valence-corrected chi connectivity index (χ0v) is 14.2. The second-order valence-electron chi connectivity index (χ2n) is 6.88.